The monoisotopic (exact) mass is 416 g/mol. The first-order chi connectivity index (χ1) is 14.3. The van der Waals surface area contributed by atoms with E-state index >= 15 is 0 Å². The third-order valence-electron chi connectivity index (χ3n) is 4.62. The summed E-state index contributed by atoms with van der Waals surface area (Å²) in [6, 6.07) is 13.6. The molecule has 1 amide bonds. The maximum absolute atomic E-state index is 12.9. The number of rotatable bonds is 7. The van der Waals surface area contributed by atoms with Crippen molar-refractivity contribution in [3.63, 3.8) is 0 Å². The molecule has 1 aromatic heterocycles. The smallest absolute Gasteiger partial charge is 0.387 e. The third-order valence-corrected chi connectivity index (χ3v) is 4.62. The predicted octanol–water partition coefficient (Wildman–Crippen LogP) is 4.97. The normalized spacial score (nSPS) is 10.8. The highest BCUT2D eigenvalue weighted by atomic mass is 19.3. The van der Waals surface area contributed by atoms with Gasteiger partial charge in [-0.05, 0) is 44.2 Å². The SMILES string of the molecule is COc1cccc(-n2c(C)cc(C(=O)Nc3ccc(OC)c(OC(F)F)c3)c2C)c1. The molecule has 0 saturated heterocycles. The van der Waals surface area contributed by atoms with Crippen LogP contribution in [0.4, 0.5) is 14.5 Å². The van der Waals surface area contributed by atoms with Gasteiger partial charge in [-0.25, -0.2) is 0 Å². The van der Waals surface area contributed by atoms with Crippen LogP contribution in [-0.4, -0.2) is 31.3 Å². The van der Waals surface area contributed by atoms with Crippen LogP contribution in [0, 0.1) is 13.8 Å². The summed E-state index contributed by atoms with van der Waals surface area (Å²) in [6.07, 6.45) is 0. The Bertz CT molecular complexity index is 1060. The number of carbonyl (C=O) groups is 1. The lowest BCUT2D eigenvalue weighted by atomic mass is 10.2. The first-order valence-electron chi connectivity index (χ1n) is 9.11. The number of halogens is 2. The van der Waals surface area contributed by atoms with Crippen LogP contribution < -0.4 is 19.5 Å². The number of amides is 1. The van der Waals surface area contributed by atoms with E-state index in [-0.39, 0.29) is 17.4 Å². The highest BCUT2D eigenvalue weighted by Gasteiger charge is 2.18. The van der Waals surface area contributed by atoms with Crippen LogP contribution in [0.15, 0.2) is 48.5 Å². The zero-order valence-electron chi connectivity index (χ0n) is 17.0. The van der Waals surface area contributed by atoms with E-state index in [1.807, 2.05) is 42.7 Å². The summed E-state index contributed by atoms with van der Waals surface area (Å²) in [5, 5.41) is 2.72. The van der Waals surface area contributed by atoms with Crippen molar-refractivity contribution in [3.8, 4) is 22.9 Å². The molecule has 0 spiro atoms. The molecule has 2 aromatic carbocycles. The number of hydrogen-bond acceptors (Lipinski definition) is 4. The van der Waals surface area contributed by atoms with Crippen LogP contribution in [-0.2, 0) is 0 Å². The molecule has 1 N–H and O–H groups in total. The molecule has 0 fully saturated rings. The van der Waals surface area contributed by atoms with Gasteiger partial charge in [0.2, 0.25) is 0 Å². The zero-order chi connectivity index (χ0) is 21.8. The maximum atomic E-state index is 12.9. The number of ether oxygens (including phenoxy) is 3. The molecule has 1 heterocycles. The van der Waals surface area contributed by atoms with E-state index in [0.29, 0.717) is 17.0 Å². The molecule has 158 valence electrons. The van der Waals surface area contributed by atoms with Gasteiger partial charge < -0.3 is 24.1 Å². The van der Waals surface area contributed by atoms with Crippen LogP contribution in [0.1, 0.15) is 21.7 Å². The average molecular weight is 416 g/mol. The van der Waals surface area contributed by atoms with Crippen molar-refractivity contribution >= 4 is 11.6 Å². The number of hydrogen-bond donors (Lipinski definition) is 1. The van der Waals surface area contributed by atoms with E-state index in [9.17, 15) is 13.6 Å². The Morgan fingerprint density at radius 3 is 2.43 bits per heavy atom. The van der Waals surface area contributed by atoms with Gasteiger partial charge in [0.1, 0.15) is 5.75 Å². The molecule has 0 unspecified atom stereocenters. The van der Waals surface area contributed by atoms with Gasteiger partial charge in [-0.3, -0.25) is 4.79 Å². The molecule has 0 radical (unpaired) electrons. The van der Waals surface area contributed by atoms with E-state index in [4.69, 9.17) is 9.47 Å². The van der Waals surface area contributed by atoms with Crippen molar-refractivity contribution in [3.05, 3.63) is 65.5 Å². The van der Waals surface area contributed by atoms with Gasteiger partial charge in [0.15, 0.2) is 11.5 Å². The third kappa shape index (κ3) is 4.37. The Hall–Kier alpha value is -3.55. The number of benzene rings is 2. The first-order valence-corrected chi connectivity index (χ1v) is 9.11. The van der Waals surface area contributed by atoms with Crippen molar-refractivity contribution < 1.29 is 27.8 Å². The summed E-state index contributed by atoms with van der Waals surface area (Å²) in [5.74, 6) is 0.317. The van der Waals surface area contributed by atoms with Crippen LogP contribution >= 0.6 is 0 Å². The average Bonchev–Trinajstić information content (AvgIpc) is 3.02. The quantitative estimate of drug-likeness (QED) is 0.591. The molecule has 0 bridgehead atoms. The second-order valence-electron chi connectivity index (χ2n) is 6.52. The molecule has 3 rings (SSSR count). The standard InChI is InChI=1S/C22H22F2N2O4/c1-13-10-18(14(2)26(13)16-6-5-7-17(12-16)28-3)21(27)25-15-8-9-19(29-4)20(11-15)30-22(23)24/h5-12,22H,1-4H3,(H,25,27). The molecule has 30 heavy (non-hydrogen) atoms. The first kappa shape index (κ1) is 21.2. The Kier molecular flexibility index (Phi) is 6.25. The molecular formula is C22H22F2N2O4. The number of nitrogens with one attached hydrogen (secondary N) is 1. The van der Waals surface area contributed by atoms with Crippen LogP contribution in [0.2, 0.25) is 0 Å². The Labute approximate surface area is 173 Å². The number of alkyl halides is 2. The summed E-state index contributed by atoms with van der Waals surface area (Å²) in [7, 11) is 2.94. The molecule has 3 aromatic rings. The van der Waals surface area contributed by atoms with Crippen molar-refractivity contribution in [2.75, 3.05) is 19.5 Å². The summed E-state index contributed by atoms with van der Waals surface area (Å²) in [6.45, 7) is 0.720. The Morgan fingerprint density at radius 2 is 1.77 bits per heavy atom. The molecule has 0 aliphatic rings. The van der Waals surface area contributed by atoms with Gasteiger partial charge in [0.25, 0.3) is 5.91 Å². The van der Waals surface area contributed by atoms with Crippen molar-refractivity contribution in [1.82, 2.24) is 4.57 Å². The summed E-state index contributed by atoms with van der Waals surface area (Å²) in [5.41, 5.74) is 3.23. The van der Waals surface area contributed by atoms with Gasteiger partial charge >= 0.3 is 6.61 Å². The van der Waals surface area contributed by atoms with Gasteiger partial charge in [-0.1, -0.05) is 6.07 Å². The minimum Gasteiger partial charge on any atom is -0.497 e. The fourth-order valence-electron chi connectivity index (χ4n) is 3.28. The topological polar surface area (TPSA) is 61.7 Å². The van der Waals surface area contributed by atoms with E-state index in [1.165, 1.54) is 19.2 Å². The van der Waals surface area contributed by atoms with Crippen molar-refractivity contribution in [2.24, 2.45) is 0 Å². The van der Waals surface area contributed by atoms with E-state index < -0.39 is 6.61 Å². The second kappa shape index (κ2) is 8.86. The summed E-state index contributed by atoms with van der Waals surface area (Å²) >= 11 is 0. The lowest BCUT2D eigenvalue weighted by molar-refractivity contribution is -0.0511. The molecule has 0 saturated carbocycles. The number of carbonyl (C=O) groups excluding carboxylic acids is 1. The summed E-state index contributed by atoms with van der Waals surface area (Å²) in [4.78, 5) is 12.9. The molecule has 6 nitrogen and oxygen atoms in total. The van der Waals surface area contributed by atoms with Crippen LogP contribution in [0.25, 0.3) is 5.69 Å². The van der Waals surface area contributed by atoms with E-state index in [0.717, 1.165) is 17.1 Å². The number of methoxy groups -OCH3 is 2. The number of aryl methyl sites for hydroxylation is 1. The lowest BCUT2D eigenvalue weighted by Crippen LogP contribution is -2.13. The van der Waals surface area contributed by atoms with Crippen molar-refractivity contribution in [1.29, 1.82) is 0 Å². The highest BCUT2D eigenvalue weighted by Crippen LogP contribution is 2.32. The van der Waals surface area contributed by atoms with Crippen LogP contribution in [0.3, 0.4) is 0 Å². The fraction of sp³-hybridized carbons (Fsp3) is 0.227. The molecule has 0 aliphatic carbocycles. The largest absolute Gasteiger partial charge is 0.497 e. The van der Waals surface area contributed by atoms with Gasteiger partial charge in [-0.15, -0.1) is 0 Å². The second-order valence-corrected chi connectivity index (χ2v) is 6.52. The van der Waals surface area contributed by atoms with Gasteiger partial charge in [-0.2, -0.15) is 8.78 Å². The minimum atomic E-state index is -3.01. The van der Waals surface area contributed by atoms with Crippen LogP contribution in [0.5, 0.6) is 17.2 Å². The molecule has 0 atom stereocenters. The Morgan fingerprint density at radius 1 is 1.00 bits per heavy atom. The molecule has 8 heteroatoms. The maximum Gasteiger partial charge on any atom is 0.387 e. The van der Waals surface area contributed by atoms with Gasteiger partial charge in [0.05, 0.1) is 19.8 Å². The Balaban J connectivity index is 1.90. The molecule has 0 aliphatic heterocycles. The number of anilines is 1. The lowest BCUT2D eigenvalue weighted by Gasteiger charge is -2.13. The van der Waals surface area contributed by atoms with E-state index in [2.05, 4.69) is 10.1 Å². The fourth-order valence-corrected chi connectivity index (χ4v) is 3.28. The van der Waals surface area contributed by atoms with Gasteiger partial charge in [0, 0.05) is 34.9 Å². The number of aromatic nitrogens is 1. The van der Waals surface area contributed by atoms with Crippen molar-refractivity contribution in [2.45, 2.75) is 20.5 Å². The minimum absolute atomic E-state index is 0.143. The summed E-state index contributed by atoms with van der Waals surface area (Å²) < 4.78 is 42.0. The molecular weight excluding hydrogens is 394 g/mol. The number of nitrogens with zero attached hydrogens (tertiary/aromatic N) is 1. The van der Waals surface area contributed by atoms with E-state index in [1.54, 1.807) is 19.2 Å². The highest BCUT2D eigenvalue weighted by molar-refractivity contribution is 6.05. The zero-order valence-corrected chi connectivity index (χ0v) is 17.0. The predicted molar refractivity (Wildman–Crippen MR) is 109 cm³/mol.